The molecule has 0 heterocycles. The van der Waals surface area contributed by atoms with Gasteiger partial charge >= 0.3 is 0 Å². The lowest BCUT2D eigenvalue weighted by Gasteiger charge is -2.19. The van der Waals surface area contributed by atoms with Crippen molar-refractivity contribution >= 4 is 0 Å². The highest BCUT2D eigenvalue weighted by Crippen LogP contribution is 2.33. The van der Waals surface area contributed by atoms with Crippen LogP contribution in [0.25, 0.3) is 0 Å². The summed E-state index contributed by atoms with van der Waals surface area (Å²) in [5.41, 5.74) is 0.783. The number of aliphatic hydroxyl groups excluding tert-OH is 2. The van der Waals surface area contributed by atoms with Crippen LogP contribution >= 0.6 is 0 Å². The summed E-state index contributed by atoms with van der Waals surface area (Å²) in [4.78, 5) is 0. The lowest BCUT2D eigenvalue weighted by Crippen LogP contribution is -2.25. The lowest BCUT2D eigenvalue weighted by molar-refractivity contribution is 0.0585. The lowest BCUT2D eigenvalue weighted by atomic mass is 10.1. The van der Waals surface area contributed by atoms with Crippen LogP contribution in [0.4, 0.5) is 0 Å². The molecule has 100 valence electrons. The van der Waals surface area contributed by atoms with E-state index in [1.165, 1.54) is 0 Å². The first kappa shape index (κ1) is 13.2. The standard InChI is InChI=1S/C14H20O4/c1-9(15)10-6-7-13(14(8-10)17-2)18-12-5-3-4-11(12)16/h6-9,11-12,15-16H,3-5H2,1-2H3. The maximum Gasteiger partial charge on any atom is 0.161 e. The van der Waals surface area contributed by atoms with Crippen molar-refractivity contribution in [3.8, 4) is 11.5 Å². The Morgan fingerprint density at radius 3 is 2.61 bits per heavy atom. The van der Waals surface area contributed by atoms with E-state index in [4.69, 9.17) is 9.47 Å². The average Bonchev–Trinajstić information content (AvgIpc) is 2.75. The Morgan fingerprint density at radius 2 is 2.06 bits per heavy atom. The first-order valence-corrected chi connectivity index (χ1v) is 6.32. The molecule has 18 heavy (non-hydrogen) atoms. The highest BCUT2D eigenvalue weighted by molar-refractivity contribution is 5.43. The van der Waals surface area contributed by atoms with E-state index in [2.05, 4.69) is 0 Å². The fourth-order valence-electron chi connectivity index (χ4n) is 2.25. The molecule has 1 aliphatic carbocycles. The second-order valence-corrected chi connectivity index (χ2v) is 4.74. The predicted octanol–water partition coefficient (Wildman–Crippen LogP) is 2.04. The van der Waals surface area contributed by atoms with Gasteiger partial charge in [-0.3, -0.25) is 0 Å². The number of hydrogen-bond donors (Lipinski definition) is 2. The van der Waals surface area contributed by atoms with E-state index in [1.807, 2.05) is 6.07 Å². The highest BCUT2D eigenvalue weighted by Gasteiger charge is 2.27. The maximum absolute atomic E-state index is 9.75. The van der Waals surface area contributed by atoms with Crippen molar-refractivity contribution in [3.05, 3.63) is 23.8 Å². The Bertz CT molecular complexity index is 403. The van der Waals surface area contributed by atoms with Gasteiger partial charge in [-0.05, 0) is 43.9 Å². The van der Waals surface area contributed by atoms with Gasteiger partial charge in [-0.1, -0.05) is 6.07 Å². The SMILES string of the molecule is COc1cc(C(C)O)ccc1OC1CCCC1O. The van der Waals surface area contributed by atoms with Crippen molar-refractivity contribution < 1.29 is 19.7 Å². The third-order valence-corrected chi connectivity index (χ3v) is 3.37. The van der Waals surface area contributed by atoms with Gasteiger partial charge in [0.2, 0.25) is 0 Å². The first-order chi connectivity index (χ1) is 8.61. The number of aliphatic hydroxyl groups is 2. The van der Waals surface area contributed by atoms with Crippen LogP contribution in [0.3, 0.4) is 0 Å². The fraction of sp³-hybridized carbons (Fsp3) is 0.571. The quantitative estimate of drug-likeness (QED) is 0.861. The molecule has 2 N–H and O–H groups in total. The molecule has 2 rings (SSSR count). The minimum atomic E-state index is -0.537. The zero-order valence-electron chi connectivity index (χ0n) is 10.8. The Labute approximate surface area is 107 Å². The molecule has 4 heteroatoms. The molecular weight excluding hydrogens is 232 g/mol. The summed E-state index contributed by atoms with van der Waals surface area (Å²) in [6.45, 7) is 1.70. The monoisotopic (exact) mass is 252 g/mol. The van der Waals surface area contributed by atoms with E-state index in [9.17, 15) is 10.2 Å². The minimum absolute atomic E-state index is 0.156. The van der Waals surface area contributed by atoms with Crippen molar-refractivity contribution in [3.63, 3.8) is 0 Å². The molecule has 4 nitrogen and oxygen atoms in total. The molecule has 1 fully saturated rings. The van der Waals surface area contributed by atoms with Gasteiger partial charge < -0.3 is 19.7 Å². The zero-order chi connectivity index (χ0) is 13.1. The largest absolute Gasteiger partial charge is 0.493 e. The summed E-state index contributed by atoms with van der Waals surface area (Å²) < 4.78 is 11.1. The molecule has 0 radical (unpaired) electrons. The van der Waals surface area contributed by atoms with Crippen LogP contribution in [0.5, 0.6) is 11.5 Å². The highest BCUT2D eigenvalue weighted by atomic mass is 16.5. The average molecular weight is 252 g/mol. The van der Waals surface area contributed by atoms with E-state index in [-0.39, 0.29) is 6.10 Å². The number of methoxy groups -OCH3 is 1. The van der Waals surface area contributed by atoms with Crippen molar-refractivity contribution in [1.82, 2.24) is 0 Å². The predicted molar refractivity (Wildman–Crippen MR) is 67.9 cm³/mol. The first-order valence-electron chi connectivity index (χ1n) is 6.32. The number of benzene rings is 1. The van der Waals surface area contributed by atoms with Crippen LogP contribution in [0, 0.1) is 0 Å². The van der Waals surface area contributed by atoms with Gasteiger partial charge in [-0.25, -0.2) is 0 Å². The molecule has 1 saturated carbocycles. The summed E-state index contributed by atoms with van der Waals surface area (Å²) in [5, 5.41) is 19.3. The molecule has 0 bridgehead atoms. The zero-order valence-corrected chi connectivity index (χ0v) is 10.8. The number of hydrogen-bond acceptors (Lipinski definition) is 4. The Hall–Kier alpha value is -1.26. The van der Waals surface area contributed by atoms with Crippen molar-refractivity contribution in [2.75, 3.05) is 7.11 Å². The molecule has 3 atom stereocenters. The van der Waals surface area contributed by atoms with Crippen LogP contribution < -0.4 is 9.47 Å². The third kappa shape index (κ3) is 2.76. The van der Waals surface area contributed by atoms with Crippen molar-refractivity contribution in [2.45, 2.75) is 44.5 Å². The molecule has 0 aromatic heterocycles. The summed E-state index contributed by atoms with van der Waals surface area (Å²) in [5.74, 6) is 1.21. The van der Waals surface area contributed by atoms with Crippen LogP contribution in [-0.2, 0) is 0 Å². The topological polar surface area (TPSA) is 58.9 Å². The van der Waals surface area contributed by atoms with Gasteiger partial charge in [0.1, 0.15) is 6.10 Å². The Balaban J connectivity index is 2.17. The van der Waals surface area contributed by atoms with Crippen molar-refractivity contribution in [2.24, 2.45) is 0 Å². The summed E-state index contributed by atoms with van der Waals surface area (Å²) in [6.07, 6.45) is 1.55. The van der Waals surface area contributed by atoms with Gasteiger partial charge in [0.05, 0.1) is 19.3 Å². The van der Waals surface area contributed by atoms with E-state index in [1.54, 1.807) is 26.2 Å². The molecule has 1 aliphatic rings. The third-order valence-electron chi connectivity index (χ3n) is 3.37. The molecule has 0 saturated heterocycles. The Morgan fingerprint density at radius 1 is 1.28 bits per heavy atom. The molecule has 1 aromatic carbocycles. The Kier molecular flexibility index (Phi) is 4.09. The van der Waals surface area contributed by atoms with Crippen LogP contribution in [0.1, 0.15) is 37.9 Å². The maximum atomic E-state index is 9.75. The minimum Gasteiger partial charge on any atom is -0.493 e. The van der Waals surface area contributed by atoms with Crippen LogP contribution in [-0.4, -0.2) is 29.5 Å². The smallest absolute Gasteiger partial charge is 0.161 e. The van der Waals surface area contributed by atoms with Crippen LogP contribution in [0.2, 0.25) is 0 Å². The summed E-state index contributed by atoms with van der Waals surface area (Å²) in [6, 6.07) is 5.36. The second kappa shape index (κ2) is 5.59. The van der Waals surface area contributed by atoms with E-state index < -0.39 is 12.2 Å². The molecule has 0 aliphatic heterocycles. The van der Waals surface area contributed by atoms with Gasteiger partial charge in [-0.2, -0.15) is 0 Å². The fourth-order valence-corrected chi connectivity index (χ4v) is 2.25. The molecule has 0 spiro atoms. The van der Waals surface area contributed by atoms with Gasteiger partial charge in [0, 0.05) is 0 Å². The molecular formula is C14H20O4. The van der Waals surface area contributed by atoms with E-state index >= 15 is 0 Å². The summed E-state index contributed by atoms with van der Waals surface area (Å²) >= 11 is 0. The van der Waals surface area contributed by atoms with Gasteiger partial charge in [0.15, 0.2) is 11.5 Å². The molecule has 1 aromatic rings. The van der Waals surface area contributed by atoms with Crippen molar-refractivity contribution in [1.29, 1.82) is 0 Å². The van der Waals surface area contributed by atoms with E-state index in [0.29, 0.717) is 11.5 Å². The van der Waals surface area contributed by atoms with E-state index in [0.717, 1.165) is 24.8 Å². The van der Waals surface area contributed by atoms with Gasteiger partial charge in [0.25, 0.3) is 0 Å². The summed E-state index contributed by atoms with van der Waals surface area (Å²) in [7, 11) is 1.57. The molecule has 0 amide bonds. The number of rotatable bonds is 4. The second-order valence-electron chi connectivity index (χ2n) is 4.74. The molecule has 3 unspecified atom stereocenters. The normalized spacial score (nSPS) is 24.9. The number of ether oxygens (including phenoxy) is 2. The van der Waals surface area contributed by atoms with Gasteiger partial charge in [-0.15, -0.1) is 0 Å². The van der Waals surface area contributed by atoms with Crippen LogP contribution in [0.15, 0.2) is 18.2 Å².